The van der Waals surface area contributed by atoms with E-state index in [0.29, 0.717) is 31.7 Å². The van der Waals surface area contributed by atoms with E-state index in [0.717, 1.165) is 23.1 Å². The van der Waals surface area contributed by atoms with Gasteiger partial charge in [0.05, 0.1) is 6.04 Å². The second-order valence-corrected chi connectivity index (χ2v) is 9.12. The Morgan fingerprint density at radius 1 is 1.18 bits per heavy atom. The van der Waals surface area contributed by atoms with Gasteiger partial charge in [-0.1, -0.05) is 39.0 Å². The van der Waals surface area contributed by atoms with Crippen LogP contribution in [0.3, 0.4) is 0 Å². The quantitative estimate of drug-likeness (QED) is 0.565. The summed E-state index contributed by atoms with van der Waals surface area (Å²) in [4.78, 5) is 29.3. The van der Waals surface area contributed by atoms with Gasteiger partial charge in [0.2, 0.25) is 5.91 Å². The van der Waals surface area contributed by atoms with E-state index in [1.54, 1.807) is 18.0 Å². The van der Waals surface area contributed by atoms with Crippen LogP contribution in [-0.4, -0.2) is 47.9 Å². The zero-order valence-electron chi connectivity index (χ0n) is 20.3. The maximum absolute atomic E-state index is 14.2. The molecule has 0 aliphatic carbocycles. The van der Waals surface area contributed by atoms with Gasteiger partial charge in [0.1, 0.15) is 11.6 Å². The summed E-state index contributed by atoms with van der Waals surface area (Å²) in [6.45, 7) is 9.08. The van der Waals surface area contributed by atoms with Crippen molar-refractivity contribution in [1.29, 1.82) is 0 Å². The molecule has 0 N–H and O–H groups in total. The summed E-state index contributed by atoms with van der Waals surface area (Å²) >= 11 is 0. The minimum Gasteiger partial charge on any atom is -0.481 e. The van der Waals surface area contributed by atoms with E-state index in [1.807, 2.05) is 56.9 Å². The Kier molecular flexibility index (Phi) is 8.11. The summed E-state index contributed by atoms with van der Waals surface area (Å²) in [6, 6.07) is 11.9. The lowest BCUT2D eigenvalue weighted by Gasteiger charge is -2.38. The van der Waals surface area contributed by atoms with Gasteiger partial charge in [-0.25, -0.2) is 4.39 Å². The first-order valence-electron chi connectivity index (χ1n) is 11.8. The highest BCUT2D eigenvalue weighted by atomic mass is 19.1. The van der Waals surface area contributed by atoms with E-state index in [-0.39, 0.29) is 23.5 Å². The van der Waals surface area contributed by atoms with Crippen LogP contribution in [0.1, 0.15) is 63.3 Å². The highest BCUT2D eigenvalue weighted by Gasteiger charge is 2.33. The molecule has 0 fully saturated rings. The van der Waals surface area contributed by atoms with E-state index in [4.69, 9.17) is 4.74 Å². The molecule has 1 aliphatic heterocycles. The van der Waals surface area contributed by atoms with Crippen molar-refractivity contribution in [2.75, 3.05) is 20.1 Å². The normalized spacial score (nSPS) is 16.3. The molecule has 178 valence electrons. The van der Waals surface area contributed by atoms with Crippen molar-refractivity contribution in [3.63, 3.8) is 0 Å². The molecule has 1 heterocycles. The Morgan fingerprint density at radius 3 is 2.58 bits per heavy atom. The van der Waals surface area contributed by atoms with Gasteiger partial charge in [0, 0.05) is 26.6 Å². The van der Waals surface area contributed by atoms with Crippen molar-refractivity contribution >= 4 is 11.8 Å². The van der Waals surface area contributed by atoms with Gasteiger partial charge in [0.15, 0.2) is 6.10 Å². The highest BCUT2D eigenvalue weighted by molar-refractivity contribution is 5.81. The fraction of sp³-hybridized carbons (Fsp3) is 0.481. The lowest BCUT2D eigenvalue weighted by Crippen LogP contribution is -2.41. The van der Waals surface area contributed by atoms with Gasteiger partial charge >= 0.3 is 0 Å². The molecule has 2 atom stereocenters. The van der Waals surface area contributed by atoms with Gasteiger partial charge in [0.25, 0.3) is 5.91 Å². The Morgan fingerprint density at radius 2 is 1.94 bits per heavy atom. The molecule has 6 heteroatoms. The Bertz CT molecular complexity index is 991. The third-order valence-corrected chi connectivity index (χ3v) is 6.19. The molecule has 0 saturated carbocycles. The monoisotopic (exact) mass is 454 g/mol. The third kappa shape index (κ3) is 5.73. The van der Waals surface area contributed by atoms with Crippen molar-refractivity contribution in [2.24, 2.45) is 5.92 Å². The number of hydrogen-bond acceptors (Lipinski definition) is 3. The predicted octanol–water partition coefficient (Wildman–Crippen LogP) is 4.98. The first kappa shape index (κ1) is 24.7. The Labute approximate surface area is 196 Å². The number of benzene rings is 2. The van der Waals surface area contributed by atoms with E-state index >= 15 is 0 Å². The smallest absolute Gasteiger partial charge is 0.263 e. The number of hydrogen-bond donors (Lipinski definition) is 0. The van der Waals surface area contributed by atoms with Crippen LogP contribution < -0.4 is 4.74 Å². The van der Waals surface area contributed by atoms with Crippen molar-refractivity contribution < 1.29 is 18.7 Å². The number of likely N-dealkylation sites (N-methyl/N-ethyl adjacent to an activating group) is 1. The van der Waals surface area contributed by atoms with Crippen LogP contribution in [-0.2, 0) is 16.0 Å². The number of halogens is 1. The molecule has 0 bridgehead atoms. The van der Waals surface area contributed by atoms with Gasteiger partial charge in [-0.2, -0.15) is 0 Å². The summed E-state index contributed by atoms with van der Waals surface area (Å²) in [5.74, 6) is 0.477. The fourth-order valence-electron chi connectivity index (χ4n) is 4.31. The third-order valence-electron chi connectivity index (χ3n) is 6.19. The zero-order valence-corrected chi connectivity index (χ0v) is 20.3. The number of rotatable bonds is 8. The molecule has 0 spiro atoms. The van der Waals surface area contributed by atoms with E-state index in [2.05, 4.69) is 0 Å². The van der Waals surface area contributed by atoms with Crippen LogP contribution in [0.5, 0.6) is 5.75 Å². The second kappa shape index (κ2) is 10.8. The number of nitrogens with zero attached hydrogens (tertiary/aromatic N) is 2. The first-order chi connectivity index (χ1) is 15.7. The number of amides is 2. The lowest BCUT2D eigenvalue weighted by molar-refractivity contribution is -0.137. The summed E-state index contributed by atoms with van der Waals surface area (Å²) in [6.07, 6.45) is 1.13. The second-order valence-electron chi connectivity index (χ2n) is 9.12. The van der Waals surface area contributed by atoms with Crippen LogP contribution in [0.2, 0.25) is 0 Å². The number of carbonyl (C=O) groups is 2. The molecule has 0 aromatic heterocycles. The summed E-state index contributed by atoms with van der Waals surface area (Å²) in [5.41, 5.74) is 2.77. The van der Waals surface area contributed by atoms with Crippen molar-refractivity contribution in [2.45, 2.75) is 59.1 Å². The lowest BCUT2D eigenvalue weighted by atomic mass is 9.87. The van der Waals surface area contributed by atoms with Crippen molar-refractivity contribution in [3.05, 3.63) is 65.0 Å². The molecule has 2 amide bonds. The van der Waals surface area contributed by atoms with Crippen molar-refractivity contribution in [3.8, 4) is 5.75 Å². The molecule has 2 aromatic carbocycles. The van der Waals surface area contributed by atoms with E-state index < -0.39 is 12.1 Å². The molecule has 0 unspecified atom stereocenters. The molecule has 33 heavy (non-hydrogen) atoms. The maximum Gasteiger partial charge on any atom is 0.263 e. The molecule has 0 radical (unpaired) electrons. The average Bonchev–Trinajstić information content (AvgIpc) is 2.80. The maximum atomic E-state index is 14.2. The predicted molar refractivity (Wildman–Crippen MR) is 128 cm³/mol. The van der Waals surface area contributed by atoms with Gasteiger partial charge < -0.3 is 14.5 Å². The highest BCUT2D eigenvalue weighted by Crippen LogP contribution is 2.38. The topological polar surface area (TPSA) is 49.9 Å². The fourth-order valence-corrected chi connectivity index (χ4v) is 4.31. The number of carbonyl (C=O) groups excluding carboxylic acids is 2. The first-order valence-corrected chi connectivity index (χ1v) is 11.8. The van der Waals surface area contributed by atoms with E-state index in [1.165, 1.54) is 12.1 Å². The van der Waals surface area contributed by atoms with Crippen LogP contribution in [0.15, 0.2) is 42.5 Å². The molecular weight excluding hydrogens is 419 g/mol. The molecule has 1 aliphatic rings. The van der Waals surface area contributed by atoms with Crippen molar-refractivity contribution in [1.82, 2.24) is 9.80 Å². The SMILES string of the molecule is CC[C@H](Oc1ccc2c(c1)[C@@H](c1cccc(F)c1)N(C(=O)CC(C)C)CC2)C(=O)N(C)CC. The Hall–Kier alpha value is -2.89. The van der Waals surface area contributed by atoms with Gasteiger partial charge in [-0.05, 0) is 66.6 Å². The van der Waals surface area contributed by atoms with Crippen LogP contribution in [0.25, 0.3) is 0 Å². The van der Waals surface area contributed by atoms with Crippen LogP contribution >= 0.6 is 0 Å². The largest absolute Gasteiger partial charge is 0.481 e. The number of fused-ring (bicyclic) bond motifs is 1. The van der Waals surface area contributed by atoms with Gasteiger partial charge in [-0.15, -0.1) is 0 Å². The summed E-state index contributed by atoms with van der Waals surface area (Å²) < 4.78 is 20.3. The summed E-state index contributed by atoms with van der Waals surface area (Å²) in [7, 11) is 1.76. The average molecular weight is 455 g/mol. The Balaban J connectivity index is 2.00. The van der Waals surface area contributed by atoms with Gasteiger partial charge in [-0.3, -0.25) is 9.59 Å². The molecule has 3 rings (SSSR count). The molecule has 5 nitrogen and oxygen atoms in total. The molecule has 0 saturated heterocycles. The number of ether oxygens (including phenoxy) is 1. The minimum atomic E-state index is -0.581. The molecular formula is C27H35FN2O3. The zero-order chi connectivity index (χ0) is 24.1. The minimum absolute atomic E-state index is 0.0578. The van der Waals surface area contributed by atoms with Crippen LogP contribution in [0, 0.1) is 11.7 Å². The summed E-state index contributed by atoms with van der Waals surface area (Å²) in [5, 5.41) is 0. The molecule has 2 aromatic rings. The van der Waals surface area contributed by atoms with E-state index in [9.17, 15) is 14.0 Å². The van der Waals surface area contributed by atoms with Crippen LogP contribution in [0.4, 0.5) is 4.39 Å². The standard InChI is InChI=1S/C27H35FN2O3/c1-6-24(27(32)29(5)7-2)33-22-12-11-19-13-14-30(25(31)15-18(3)4)26(23(19)17-22)20-9-8-10-21(28)16-20/h8-12,16-18,24,26H,6-7,13-15H2,1-5H3/t24-,26+/m0/s1.